The molecule has 0 bridgehead atoms. The Hall–Kier alpha value is -3.54. The maximum Gasteiger partial charge on any atom is 0.330 e. The van der Waals surface area contributed by atoms with Crippen molar-refractivity contribution >= 4 is 49.7 Å². The van der Waals surface area contributed by atoms with Gasteiger partial charge in [-0.25, -0.2) is 14.5 Å². The number of rotatable bonds is 4. The molecule has 3 aromatic heterocycles. The van der Waals surface area contributed by atoms with E-state index in [0.29, 0.717) is 39.2 Å². The van der Waals surface area contributed by atoms with Gasteiger partial charge in [-0.3, -0.25) is 18.7 Å². The first-order valence-corrected chi connectivity index (χ1v) is 12.0. The molecule has 4 aromatic rings. The highest BCUT2D eigenvalue weighted by atomic mass is 79.9. The number of amides is 1. The molecule has 1 aliphatic rings. The van der Waals surface area contributed by atoms with Gasteiger partial charge in [-0.15, -0.1) is 0 Å². The number of halogens is 1. The average Bonchev–Trinajstić information content (AvgIpc) is 3.40. The Morgan fingerprint density at radius 1 is 1.20 bits per heavy atom. The minimum Gasteiger partial charge on any atom is -0.359 e. The van der Waals surface area contributed by atoms with Gasteiger partial charge < -0.3 is 10.6 Å². The van der Waals surface area contributed by atoms with E-state index in [1.165, 1.54) is 11.6 Å². The molecule has 0 saturated heterocycles. The third kappa shape index (κ3) is 3.72. The van der Waals surface area contributed by atoms with E-state index in [0.717, 1.165) is 22.8 Å². The highest BCUT2D eigenvalue weighted by molar-refractivity contribution is 9.10. The van der Waals surface area contributed by atoms with Gasteiger partial charge in [0, 0.05) is 38.8 Å². The molecule has 1 aromatic carbocycles. The van der Waals surface area contributed by atoms with Crippen molar-refractivity contribution in [3.63, 3.8) is 0 Å². The number of benzene rings is 1. The van der Waals surface area contributed by atoms with Crippen LogP contribution in [0, 0.1) is 5.41 Å². The lowest BCUT2D eigenvalue weighted by molar-refractivity contribution is -0.129. The normalized spacial score (nSPS) is 20.0. The summed E-state index contributed by atoms with van der Waals surface area (Å²) >= 11 is 3.48. The Morgan fingerprint density at radius 2 is 1.97 bits per heavy atom. The van der Waals surface area contributed by atoms with Crippen molar-refractivity contribution in [3.05, 3.63) is 49.8 Å². The Labute approximate surface area is 208 Å². The molecular formula is C23H25BrN8O3. The molecule has 2 atom stereocenters. The molecule has 11 nitrogen and oxygen atoms in total. The van der Waals surface area contributed by atoms with Crippen LogP contribution in [0.2, 0.25) is 0 Å². The van der Waals surface area contributed by atoms with E-state index in [-0.39, 0.29) is 17.5 Å². The first kappa shape index (κ1) is 23.2. The molecule has 1 aliphatic carbocycles. The van der Waals surface area contributed by atoms with E-state index >= 15 is 0 Å². The number of hydrogen-bond acceptors (Lipinski definition) is 7. The van der Waals surface area contributed by atoms with Crippen molar-refractivity contribution in [1.29, 1.82) is 0 Å². The molecule has 0 unspecified atom stereocenters. The second kappa shape index (κ2) is 8.29. The smallest absolute Gasteiger partial charge is 0.330 e. The van der Waals surface area contributed by atoms with Crippen molar-refractivity contribution < 1.29 is 4.79 Å². The molecule has 0 radical (unpaired) electrons. The molecule has 35 heavy (non-hydrogen) atoms. The molecular weight excluding hydrogens is 516 g/mol. The van der Waals surface area contributed by atoms with Crippen LogP contribution in [-0.4, -0.2) is 47.9 Å². The largest absolute Gasteiger partial charge is 0.359 e. The lowest BCUT2D eigenvalue weighted by Gasteiger charge is -2.22. The Bertz CT molecular complexity index is 1620. The average molecular weight is 541 g/mol. The fraction of sp³-hybridized carbons (Fsp3) is 0.391. The first-order chi connectivity index (χ1) is 16.6. The van der Waals surface area contributed by atoms with E-state index in [9.17, 15) is 14.4 Å². The van der Waals surface area contributed by atoms with Crippen LogP contribution in [0.4, 0.5) is 5.95 Å². The molecule has 182 valence electrons. The minimum absolute atomic E-state index is 0.0423. The zero-order valence-corrected chi connectivity index (χ0v) is 21.4. The molecule has 0 aliphatic heterocycles. The molecule has 2 N–H and O–H groups in total. The molecule has 1 amide bonds. The third-order valence-corrected chi connectivity index (χ3v) is 7.51. The summed E-state index contributed by atoms with van der Waals surface area (Å²) in [5.41, 5.74) is 0.543. The fourth-order valence-electron chi connectivity index (χ4n) is 4.88. The molecule has 1 saturated carbocycles. The summed E-state index contributed by atoms with van der Waals surface area (Å²) < 4.78 is 4.75. The maximum atomic E-state index is 12.5. The van der Waals surface area contributed by atoms with Gasteiger partial charge in [0.25, 0.3) is 5.56 Å². The van der Waals surface area contributed by atoms with Crippen LogP contribution in [-0.2, 0) is 18.9 Å². The van der Waals surface area contributed by atoms with Gasteiger partial charge in [0.2, 0.25) is 11.9 Å². The highest BCUT2D eigenvalue weighted by Crippen LogP contribution is 2.39. The summed E-state index contributed by atoms with van der Waals surface area (Å²) in [4.78, 5) is 46.4. The van der Waals surface area contributed by atoms with Gasteiger partial charge in [-0.1, -0.05) is 6.92 Å². The number of fused-ring (bicyclic) bond motifs is 2. The lowest BCUT2D eigenvalue weighted by atomic mass is 9.87. The summed E-state index contributed by atoms with van der Waals surface area (Å²) in [5.74, 6) is 0.486. The van der Waals surface area contributed by atoms with Crippen molar-refractivity contribution in [2.75, 3.05) is 12.4 Å². The Morgan fingerprint density at radius 3 is 2.71 bits per heavy atom. The van der Waals surface area contributed by atoms with Crippen LogP contribution < -0.4 is 21.9 Å². The first-order valence-electron chi connectivity index (χ1n) is 11.2. The molecule has 0 spiro atoms. The van der Waals surface area contributed by atoms with Crippen LogP contribution in [0.25, 0.3) is 27.6 Å². The van der Waals surface area contributed by atoms with Crippen molar-refractivity contribution in [2.45, 2.75) is 32.2 Å². The second-order valence-electron chi connectivity index (χ2n) is 9.26. The van der Waals surface area contributed by atoms with E-state index in [4.69, 9.17) is 4.98 Å². The van der Waals surface area contributed by atoms with E-state index in [1.807, 2.05) is 6.92 Å². The SMILES string of the molecule is CNC(=O)[C@]1(C)CC[C@@H](Nc2ncc3c(Br)nn(-c4ccc5c(=O)n(C)c(=O)n(C)c5c4)c3n2)C1. The monoisotopic (exact) mass is 540 g/mol. The van der Waals surface area contributed by atoms with Crippen LogP contribution >= 0.6 is 15.9 Å². The van der Waals surface area contributed by atoms with E-state index in [2.05, 4.69) is 36.6 Å². The highest BCUT2D eigenvalue weighted by Gasteiger charge is 2.41. The number of anilines is 1. The number of aryl methyl sites for hydroxylation is 1. The summed E-state index contributed by atoms with van der Waals surface area (Å²) in [7, 11) is 4.75. The number of aromatic nitrogens is 6. The van der Waals surface area contributed by atoms with Crippen molar-refractivity contribution in [3.8, 4) is 5.69 Å². The second-order valence-corrected chi connectivity index (χ2v) is 10.0. The summed E-state index contributed by atoms with van der Waals surface area (Å²) in [6, 6.07) is 5.28. The van der Waals surface area contributed by atoms with Crippen molar-refractivity contribution in [2.24, 2.45) is 19.5 Å². The van der Waals surface area contributed by atoms with Crippen LogP contribution in [0.5, 0.6) is 0 Å². The molecule has 3 heterocycles. The van der Waals surface area contributed by atoms with Gasteiger partial charge in [0.15, 0.2) is 5.65 Å². The standard InChI is InChI=1S/C23H25BrN8O3/c1-23(20(34)25-2)8-7-12(10-23)27-21-26-11-15-17(24)29-32(18(15)28-21)13-5-6-14-16(9-13)30(3)22(35)31(4)19(14)33/h5-6,9,11-12H,7-8,10H2,1-4H3,(H,25,34)(H,26,27,28)/t12-,23-/m1/s1. The van der Waals surface area contributed by atoms with Crippen LogP contribution in [0.3, 0.4) is 0 Å². The maximum absolute atomic E-state index is 12.5. The van der Waals surface area contributed by atoms with Gasteiger partial charge in [-0.05, 0) is 53.4 Å². The van der Waals surface area contributed by atoms with Gasteiger partial charge >= 0.3 is 5.69 Å². The summed E-state index contributed by atoms with van der Waals surface area (Å²) in [6.45, 7) is 1.98. The predicted octanol–water partition coefficient (Wildman–Crippen LogP) is 1.85. The molecule has 1 fully saturated rings. The van der Waals surface area contributed by atoms with Crippen LogP contribution in [0.1, 0.15) is 26.2 Å². The number of carbonyl (C=O) groups is 1. The van der Waals surface area contributed by atoms with Gasteiger partial charge in [-0.2, -0.15) is 10.1 Å². The third-order valence-electron chi connectivity index (χ3n) is 6.93. The van der Waals surface area contributed by atoms with Crippen LogP contribution in [0.15, 0.2) is 38.6 Å². The number of hydrogen-bond donors (Lipinski definition) is 2. The zero-order valence-electron chi connectivity index (χ0n) is 19.8. The Balaban J connectivity index is 1.54. The van der Waals surface area contributed by atoms with Gasteiger partial charge in [0.1, 0.15) is 4.60 Å². The number of carbonyl (C=O) groups excluding carboxylic acids is 1. The Kier molecular flexibility index (Phi) is 5.50. The van der Waals surface area contributed by atoms with E-state index in [1.54, 1.807) is 43.2 Å². The zero-order chi connectivity index (χ0) is 25.1. The van der Waals surface area contributed by atoms with Crippen molar-refractivity contribution in [1.82, 2.24) is 34.2 Å². The van der Waals surface area contributed by atoms with E-state index < -0.39 is 11.1 Å². The lowest BCUT2D eigenvalue weighted by Crippen LogP contribution is -2.36. The summed E-state index contributed by atoms with van der Waals surface area (Å²) in [6.07, 6.45) is 4.00. The topological polar surface area (TPSA) is 129 Å². The predicted molar refractivity (Wildman–Crippen MR) is 136 cm³/mol. The quantitative estimate of drug-likeness (QED) is 0.404. The summed E-state index contributed by atoms with van der Waals surface area (Å²) in [5, 5.41) is 11.8. The fourth-order valence-corrected chi connectivity index (χ4v) is 5.32. The van der Waals surface area contributed by atoms with Gasteiger partial charge in [0.05, 0.1) is 22.0 Å². The molecule has 12 heteroatoms. The molecule has 5 rings (SSSR count). The minimum atomic E-state index is -0.417. The number of nitrogens with zero attached hydrogens (tertiary/aromatic N) is 6. The number of nitrogens with one attached hydrogen (secondary N) is 2.